The van der Waals surface area contributed by atoms with Crippen LogP contribution in [0, 0.1) is 18.3 Å². The molecule has 1 unspecified atom stereocenters. The number of benzene rings is 1. The third kappa shape index (κ3) is 2.45. The van der Waals surface area contributed by atoms with Crippen molar-refractivity contribution in [2.45, 2.75) is 13.0 Å². The lowest BCUT2D eigenvalue weighted by atomic mass is 10.0. The summed E-state index contributed by atoms with van der Waals surface area (Å²) in [6.07, 6.45) is 1.75. The average Bonchev–Trinajstić information content (AvgIpc) is 2.21. The minimum Gasteiger partial charge on any atom is -0.295 e. The van der Waals surface area contributed by atoms with E-state index >= 15 is 0 Å². The van der Waals surface area contributed by atoms with E-state index in [4.69, 9.17) is 5.26 Å². The van der Waals surface area contributed by atoms with Gasteiger partial charge in [0.25, 0.3) is 0 Å². The fraction of sp³-hybridized carbons (Fsp3) is 0.250. The summed E-state index contributed by atoms with van der Waals surface area (Å²) in [5.41, 5.74) is 2.17. The van der Waals surface area contributed by atoms with Gasteiger partial charge < -0.3 is 0 Å². The summed E-state index contributed by atoms with van der Waals surface area (Å²) in [5.74, 6) is 0. The molecule has 2 nitrogen and oxygen atoms in total. The molecule has 0 aliphatic rings. The van der Waals surface area contributed by atoms with Crippen LogP contribution in [0.2, 0.25) is 0 Å². The van der Waals surface area contributed by atoms with Crippen molar-refractivity contribution in [2.75, 3.05) is 6.54 Å². The van der Waals surface area contributed by atoms with Gasteiger partial charge in [-0.1, -0.05) is 30.3 Å². The Morgan fingerprint density at radius 1 is 1.57 bits per heavy atom. The molecule has 1 rings (SSSR count). The Balaban J connectivity index is 2.85. The fourth-order valence-electron chi connectivity index (χ4n) is 1.34. The van der Waals surface area contributed by atoms with Crippen LogP contribution in [0.25, 0.3) is 0 Å². The van der Waals surface area contributed by atoms with Crippen LogP contribution in [-0.2, 0) is 0 Å². The molecule has 0 saturated carbocycles. The maximum Gasteiger partial charge on any atom is 0.121 e. The molecule has 0 spiro atoms. The Morgan fingerprint density at radius 2 is 2.29 bits per heavy atom. The molecule has 72 valence electrons. The molecule has 1 N–H and O–H groups in total. The Morgan fingerprint density at radius 3 is 2.86 bits per heavy atom. The first kappa shape index (κ1) is 10.5. The van der Waals surface area contributed by atoms with Crippen molar-refractivity contribution >= 4 is 0 Å². The molecule has 2 heteroatoms. The van der Waals surface area contributed by atoms with Crippen LogP contribution in [0.15, 0.2) is 36.9 Å². The largest absolute Gasteiger partial charge is 0.295 e. The van der Waals surface area contributed by atoms with E-state index in [0.717, 1.165) is 11.1 Å². The first-order valence-corrected chi connectivity index (χ1v) is 4.59. The topological polar surface area (TPSA) is 35.8 Å². The van der Waals surface area contributed by atoms with Crippen LogP contribution in [0.4, 0.5) is 0 Å². The van der Waals surface area contributed by atoms with Crippen LogP contribution < -0.4 is 5.32 Å². The van der Waals surface area contributed by atoms with Crippen molar-refractivity contribution in [3.05, 3.63) is 48.0 Å². The predicted molar refractivity (Wildman–Crippen MR) is 57.7 cm³/mol. The third-order valence-corrected chi connectivity index (χ3v) is 2.09. The molecule has 0 bridgehead atoms. The zero-order chi connectivity index (χ0) is 10.4. The number of nitrogens with one attached hydrogen (secondary N) is 1. The summed E-state index contributed by atoms with van der Waals surface area (Å²) in [7, 11) is 0. The minimum absolute atomic E-state index is 0.241. The predicted octanol–water partition coefficient (Wildman–Crippen LogP) is 2.34. The average molecular weight is 186 g/mol. The molecule has 0 aliphatic carbocycles. The van der Waals surface area contributed by atoms with Crippen LogP contribution in [-0.4, -0.2) is 6.54 Å². The highest BCUT2D eigenvalue weighted by atomic mass is 14.9. The van der Waals surface area contributed by atoms with Gasteiger partial charge in [0.2, 0.25) is 0 Å². The molecule has 0 radical (unpaired) electrons. The molecule has 1 aromatic rings. The smallest absolute Gasteiger partial charge is 0.121 e. The van der Waals surface area contributed by atoms with Crippen molar-refractivity contribution in [2.24, 2.45) is 0 Å². The Labute approximate surface area is 84.9 Å². The third-order valence-electron chi connectivity index (χ3n) is 2.09. The SMILES string of the molecule is C=CCNC(C#N)c1ccccc1C. The zero-order valence-corrected chi connectivity index (χ0v) is 8.33. The summed E-state index contributed by atoms with van der Waals surface area (Å²) in [6, 6.07) is 9.89. The Bertz CT molecular complexity index is 350. The van der Waals surface area contributed by atoms with Crippen molar-refractivity contribution in [3.63, 3.8) is 0 Å². The molecule has 1 aromatic carbocycles. The highest BCUT2D eigenvalue weighted by Gasteiger charge is 2.10. The van der Waals surface area contributed by atoms with Crippen molar-refractivity contribution < 1.29 is 0 Å². The van der Waals surface area contributed by atoms with Crippen LogP contribution in [0.5, 0.6) is 0 Å². The van der Waals surface area contributed by atoms with Crippen LogP contribution in [0.3, 0.4) is 0 Å². The Kier molecular flexibility index (Phi) is 3.90. The molecular formula is C12H14N2. The number of rotatable bonds is 4. The maximum absolute atomic E-state index is 8.98. The second kappa shape index (κ2) is 5.21. The van der Waals surface area contributed by atoms with E-state index in [1.54, 1.807) is 6.08 Å². The van der Waals surface area contributed by atoms with Gasteiger partial charge in [0, 0.05) is 6.54 Å². The fourth-order valence-corrected chi connectivity index (χ4v) is 1.34. The number of nitrogens with zero attached hydrogens (tertiary/aromatic N) is 1. The van der Waals surface area contributed by atoms with Gasteiger partial charge in [0.15, 0.2) is 0 Å². The maximum atomic E-state index is 8.98. The molecule has 1 atom stereocenters. The van der Waals surface area contributed by atoms with Crippen molar-refractivity contribution in [1.82, 2.24) is 5.32 Å². The quantitative estimate of drug-likeness (QED) is 0.732. The Hall–Kier alpha value is -1.59. The lowest BCUT2D eigenvalue weighted by molar-refractivity contribution is 0.680. The zero-order valence-electron chi connectivity index (χ0n) is 8.33. The summed E-state index contributed by atoms with van der Waals surface area (Å²) in [6.45, 7) is 6.27. The number of aryl methyl sites for hydroxylation is 1. The van der Waals surface area contributed by atoms with E-state index in [1.807, 2.05) is 31.2 Å². The van der Waals surface area contributed by atoms with Crippen LogP contribution in [0.1, 0.15) is 17.2 Å². The van der Waals surface area contributed by atoms with E-state index in [9.17, 15) is 0 Å². The first-order chi connectivity index (χ1) is 6.79. The molecular weight excluding hydrogens is 172 g/mol. The summed E-state index contributed by atoms with van der Waals surface area (Å²) >= 11 is 0. The number of nitriles is 1. The highest BCUT2D eigenvalue weighted by molar-refractivity contribution is 5.32. The van der Waals surface area contributed by atoms with Gasteiger partial charge in [-0.25, -0.2) is 0 Å². The first-order valence-electron chi connectivity index (χ1n) is 4.59. The van der Waals surface area contributed by atoms with Gasteiger partial charge in [0.1, 0.15) is 6.04 Å². The summed E-state index contributed by atoms with van der Waals surface area (Å²) in [4.78, 5) is 0. The molecule has 0 fully saturated rings. The van der Waals surface area contributed by atoms with E-state index in [0.29, 0.717) is 6.54 Å². The second-order valence-electron chi connectivity index (χ2n) is 3.12. The lowest BCUT2D eigenvalue weighted by Crippen LogP contribution is -2.20. The molecule has 0 aromatic heterocycles. The lowest BCUT2D eigenvalue weighted by Gasteiger charge is -2.12. The van der Waals surface area contributed by atoms with Gasteiger partial charge in [-0.05, 0) is 18.1 Å². The van der Waals surface area contributed by atoms with E-state index in [2.05, 4.69) is 18.0 Å². The van der Waals surface area contributed by atoms with E-state index in [1.165, 1.54) is 0 Å². The molecule has 14 heavy (non-hydrogen) atoms. The summed E-state index contributed by atoms with van der Waals surface area (Å²) < 4.78 is 0. The highest BCUT2D eigenvalue weighted by Crippen LogP contribution is 2.16. The standard InChI is InChI=1S/C12H14N2/c1-3-8-14-12(9-13)11-7-5-4-6-10(11)2/h3-7,12,14H,1,8H2,2H3. The van der Waals surface area contributed by atoms with Crippen molar-refractivity contribution in [3.8, 4) is 6.07 Å². The molecule has 0 aliphatic heterocycles. The van der Waals surface area contributed by atoms with Crippen LogP contribution >= 0.6 is 0 Å². The normalized spacial score (nSPS) is 11.7. The van der Waals surface area contributed by atoms with Gasteiger partial charge >= 0.3 is 0 Å². The van der Waals surface area contributed by atoms with Crippen molar-refractivity contribution in [1.29, 1.82) is 5.26 Å². The van der Waals surface area contributed by atoms with E-state index < -0.39 is 0 Å². The van der Waals surface area contributed by atoms with Gasteiger partial charge in [0.05, 0.1) is 6.07 Å². The van der Waals surface area contributed by atoms with Gasteiger partial charge in [-0.15, -0.1) is 6.58 Å². The van der Waals surface area contributed by atoms with E-state index in [-0.39, 0.29) is 6.04 Å². The second-order valence-corrected chi connectivity index (χ2v) is 3.12. The minimum atomic E-state index is -0.241. The number of hydrogen-bond acceptors (Lipinski definition) is 2. The van der Waals surface area contributed by atoms with Gasteiger partial charge in [-0.3, -0.25) is 5.32 Å². The summed E-state index contributed by atoms with van der Waals surface area (Å²) in [5, 5.41) is 12.1. The molecule has 0 saturated heterocycles. The number of hydrogen-bond donors (Lipinski definition) is 1. The molecule has 0 amide bonds. The van der Waals surface area contributed by atoms with Gasteiger partial charge in [-0.2, -0.15) is 5.26 Å². The monoisotopic (exact) mass is 186 g/mol. The molecule has 0 heterocycles.